The Balaban J connectivity index is 2.20. The molecule has 1 N–H and O–H groups in total. The molecule has 0 atom stereocenters. The zero-order valence-corrected chi connectivity index (χ0v) is 11.2. The molecule has 0 saturated heterocycles. The Kier molecular flexibility index (Phi) is 3.62. The first-order valence-corrected chi connectivity index (χ1v) is 6.73. The Bertz CT molecular complexity index is 687. The van der Waals surface area contributed by atoms with Crippen LogP contribution in [0, 0.1) is 0 Å². The van der Waals surface area contributed by atoms with Crippen LogP contribution >= 0.6 is 0 Å². The van der Waals surface area contributed by atoms with Gasteiger partial charge in [0.2, 0.25) is 0 Å². The fourth-order valence-electron chi connectivity index (χ4n) is 2.42. The number of aliphatic hydroxyl groups excluding tert-OH is 1. The summed E-state index contributed by atoms with van der Waals surface area (Å²) in [6.45, 7) is 0.0644. The summed E-state index contributed by atoms with van der Waals surface area (Å²) in [7, 11) is 0. The minimum Gasteiger partial charge on any atom is -0.392 e. The van der Waals surface area contributed by atoms with E-state index in [0.717, 1.165) is 11.1 Å². The summed E-state index contributed by atoms with van der Waals surface area (Å²) >= 11 is 0. The molecule has 0 radical (unpaired) electrons. The highest BCUT2D eigenvalue weighted by atomic mass is 16.3. The lowest BCUT2D eigenvalue weighted by molar-refractivity contribution is 0.282. The lowest BCUT2D eigenvalue weighted by atomic mass is 9.93. The molecule has 3 aromatic carbocycles. The molecule has 20 heavy (non-hydrogen) atoms. The van der Waals surface area contributed by atoms with E-state index in [1.807, 2.05) is 42.5 Å². The molecule has 0 bridgehead atoms. The van der Waals surface area contributed by atoms with Crippen LogP contribution in [0.3, 0.4) is 0 Å². The van der Waals surface area contributed by atoms with Crippen LogP contribution in [0.25, 0.3) is 22.3 Å². The lowest BCUT2D eigenvalue weighted by Gasteiger charge is -2.12. The summed E-state index contributed by atoms with van der Waals surface area (Å²) in [6.07, 6.45) is 0. The molecular formula is C19H16O. The van der Waals surface area contributed by atoms with E-state index in [1.54, 1.807) is 0 Å². The molecule has 0 spiro atoms. The van der Waals surface area contributed by atoms with Crippen molar-refractivity contribution >= 4 is 0 Å². The molecule has 3 aromatic rings. The van der Waals surface area contributed by atoms with Crippen molar-refractivity contribution in [1.82, 2.24) is 0 Å². The molecule has 0 aliphatic heterocycles. The van der Waals surface area contributed by atoms with Crippen LogP contribution in [0.15, 0.2) is 78.9 Å². The highest BCUT2D eigenvalue weighted by molar-refractivity contribution is 5.83. The lowest BCUT2D eigenvalue weighted by Crippen LogP contribution is -1.89. The first-order chi connectivity index (χ1) is 9.88. The normalized spacial score (nSPS) is 10.4. The third-order valence-corrected chi connectivity index (χ3v) is 3.44. The molecule has 3 rings (SSSR count). The quantitative estimate of drug-likeness (QED) is 0.734. The van der Waals surface area contributed by atoms with E-state index in [1.165, 1.54) is 16.7 Å². The maximum Gasteiger partial charge on any atom is 0.0682 e. The average Bonchev–Trinajstić information content (AvgIpc) is 2.56. The Morgan fingerprint density at radius 2 is 1.15 bits per heavy atom. The summed E-state index contributed by atoms with van der Waals surface area (Å²) in [5.74, 6) is 0. The van der Waals surface area contributed by atoms with Gasteiger partial charge in [-0.05, 0) is 33.9 Å². The van der Waals surface area contributed by atoms with E-state index in [9.17, 15) is 5.11 Å². The van der Waals surface area contributed by atoms with E-state index in [2.05, 4.69) is 36.4 Å². The number of hydrogen-bond donors (Lipinski definition) is 1. The smallest absolute Gasteiger partial charge is 0.0682 e. The Hall–Kier alpha value is -2.38. The molecule has 0 aliphatic rings. The predicted octanol–water partition coefficient (Wildman–Crippen LogP) is 4.51. The second kappa shape index (κ2) is 5.72. The minimum atomic E-state index is 0.0644. The van der Waals surface area contributed by atoms with Crippen molar-refractivity contribution in [3.63, 3.8) is 0 Å². The average molecular weight is 260 g/mol. The van der Waals surface area contributed by atoms with Gasteiger partial charge in [-0.2, -0.15) is 0 Å². The summed E-state index contributed by atoms with van der Waals surface area (Å²) in [6, 6.07) is 26.8. The van der Waals surface area contributed by atoms with Gasteiger partial charge in [0.05, 0.1) is 6.61 Å². The standard InChI is InChI=1S/C19H16O/c20-14-15-11-12-18(16-7-3-1-4-8-16)19(13-15)17-9-5-2-6-10-17/h1-13,20H,14H2. The van der Waals surface area contributed by atoms with Gasteiger partial charge in [0.25, 0.3) is 0 Å². The van der Waals surface area contributed by atoms with E-state index < -0.39 is 0 Å². The summed E-state index contributed by atoms with van der Waals surface area (Å²) < 4.78 is 0. The topological polar surface area (TPSA) is 20.2 Å². The van der Waals surface area contributed by atoms with Crippen molar-refractivity contribution < 1.29 is 5.11 Å². The summed E-state index contributed by atoms with van der Waals surface area (Å²) in [4.78, 5) is 0. The van der Waals surface area contributed by atoms with E-state index >= 15 is 0 Å². The molecular weight excluding hydrogens is 244 g/mol. The van der Waals surface area contributed by atoms with Gasteiger partial charge in [0.1, 0.15) is 0 Å². The molecule has 0 amide bonds. The number of hydrogen-bond acceptors (Lipinski definition) is 1. The molecule has 1 heteroatoms. The van der Waals surface area contributed by atoms with Gasteiger partial charge in [-0.25, -0.2) is 0 Å². The molecule has 98 valence electrons. The zero-order chi connectivity index (χ0) is 13.8. The van der Waals surface area contributed by atoms with Gasteiger partial charge in [0, 0.05) is 0 Å². The first kappa shape index (κ1) is 12.6. The van der Waals surface area contributed by atoms with Crippen molar-refractivity contribution in [1.29, 1.82) is 0 Å². The molecule has 0 unspecified atom stereocenters. The van der Waals surface area contributed by atoms with Crippen LogP contribution in [0.1, 0.15) is 5.56 Å². The van der Waals surface area contributed by atoms with E-state index in [4.69, 9.17) is 0 Å². The second-order valence-corrected chi connectivity index (χ2v) is 4.77. The summed E-state index contributed by atoms with van der Waals surface area (Å²) in [5, 5.41) is 9.37. The van der Waals surface area contributed by atoms with Crippen LogP contribution in [-0.2, 0) is 6.61 Å². The molecule has 0 saturated carbocycles. The number of rotatable bonds is 3. The van der Waals surface area contributed by atoms with Crippen LogP contribution in [0.5, 0.6) is 0 Å². The highest BCUT2D eigenvalue weighted by Crippen LogP contribution is 2.32. The van der Waals surface area contributed by atoms with Crippen molar-refractivity contribution in [2.24, 2.45) is 0 Å². The Labute approximate surface area is 119 Å². The SMILES string of the molecule is OCc1ccc(-c2ccccc2)c(-c2ccccc2)c1. The highest BCUT2D eigenvalue weighted by Gasteiger charge is 2.08. The van der Waals surface area contributed by atoms with Crippen molar-refractivity contribution in [3.8, 4) is 22.3 Å². The van der Waals surface area contributed by atoms with Crippen LogP contribution in [-0.4, -0.2) is 5.11 Å². The largest absolute Gasteiger partial charge is 0.392 e. The number of benzene rings is 3. The fourth-order valence-corrected chi connectivity index (χ4v) is 2.42. The first-order valence-electron chi connectivity index (χ1n) is 6.73. The van der Waals surface area contributed by atoms with Crippen molar-refractivity contribution in [2.45, 2.75) is 6.61 Å². The molecule has 0 heterocycles. The summed E-state index contributed by atoms with van der Waals surface area (Å²) in [5.41, 5.74) is 5.64. The van der Waals surface area contributed by atoms with Gasteiger partial charge < -0.3 is 5.11 Å². The van der Waals surface area contributed by atoms with Gasteiger partial charge >= 0.3 is 0 Å². The minimum absolute atomic E-state index is 0.0644. The number of aliphatic hydroxyl groups is 1. The van der Waals surface area contributed by atoms with Gasteiger partial charge in [-0.1, -0.05) is 72.8 Å². The van der Waals surface area contributed by atoms with Crippen LogP contribution in [0.4, 0.5) is 0 Å². The van der Waals surface area contributed by atoms with Crippen molar-refractivity contribution in [3.05, 3.63) is 84.4 Å². The predicted molar refractivity (Wildman–Crippen MR) is 83.2 cm³/mol. The molecule has 1 nitrogen and oxygen atoms in total. The monoisotopic (exact) mass is 260 g/mol. The third kappa shape index (κ3) is 2.49. The maximum atomic E-state index is 9.37. The van der Waals surface area contributed by atoms with Gasteiger partial charge in [0.15, 0.2) is 0 Å². The van der Waals surface area contributed by atoms with E-state index in [0.29, 0.717) is 0 Å². The maximum absolute atomic E-state index is 9.37. The van der Waals surface area contributed by atoms with Gasteiger partial charge in [-0.15, -0.1) is 0 Å². The Morgan fingerprint density at radius 3 is 1.70 bits per heavy atom. The van der Waals surface area contributed by atoms with E-state index in [-0.39, 0.29) is 6.61 Å². The zero-order valence-electron chi connectivity index (χ0n) is 11.2. The van der Waals surface area contributed by atoms with Crippen LogP contribution in [0.2, 0.25) is 0 Å². The van der Waals surface area contributed by atoms with Crippen molar-refractivity contribution in [2.75, 3.05) is 0 Å². The third-order valence-electron chi connectivity index (χ3n) is 3.44. The fraction of sp³-hybridized carbons (Fsp3) is 0.0526. The second-order valence-electron chi connectivity index (χ2n) is 4.77. The van der Waals surface area contributed by atoms with Gasteiger partial charge in [-0.3, -0.25) is 0 Å². The van der Waals surface area contributed by atoms with Crippen LogP contribution < -0.4 is 0 Å². The molecule has 0 fully saturated rings. The Morgan fingerprint density at radius 1 is 0.600 bits per heavy atom. The molecule has 0 aromatic heterocycles. The molecule has 0 aliphatic carbocycles.